The molecule has 2 rings (SSSR count). The van der Waals surface area contributed by atoms with Crippen molar-refractivity contribution in [3.8, 4) is 0 Å². The van der Waals surface area contributed by atoms with Gasteiger partial charge in [-0.2, -0.15) is 0 Å². The van der Waals surface area contributed by atoms with Crippen molar-refractivity contribution in [1.82, 2.24) is 10.3 Å². The number of hydrogen-bond donors (Lipinski definition) is 2. The maximum Gasteiger partial charge on any atom is 0.172 e. The van der Waals surface area contributed by atoms with E-state index in [4.69, 9.17) is 17.0 Å². The van der Waals surface area contributed by atoms with Crippen LogP contribution in [0, 0.1) is 0 Å². The lowest BCUT2D eigenvalue weighted by molar-refractivity contribution is 0.114. The van der Waals surface area contributed by atoms with Gasteiger partial charge in [-0.25, -0.2) is 4.98 Å². The maximum atomic E-state index is 5.49. The minimum absolute atomic E-state index is 0.295. The molecular weight excluding hydrogens is 222 g/mol. The first-order valence-electron chi connectivity index (χ1n) is 5.42. The van der Waals surface area contributed by atoms with Crippen molar-refractivity contribution in [2.75, 3.05) is 18.5 Å². The fraction of sp³-hybridized carbons (Fsp3) is 0.455. The highest BCUT2D eigenvalue weighted by Crippen LogP contribution is 2.10. The molecule has 86 valence electrons. The van der Waals surface area contributed by atoms with Gasteiger partial charge in [0.25, 0.3) is 0 Å². The molecule has 2 heterocycles. The van der Waals surface area contributed by atoms with E-state index in [2.05, 4.69) is 15.6 Å². The third-order valence-corrected chi connectivity index (χ3v) is 2.67. The van der Waals surface area contributed by atoms with Gasteiger partial charge < -0.3 is 15.4 Å². The van der Waals surface area contributed by atoms with Gasteiger partial charge in [0.2, 0.25) is 0 Å². The summed E-state index contributed by atoms with van der Waals surface area (Å²) < 4.78 is 5.49. The van der Waals surface area contributed by atoms with Crippen molar-refractivity contribution in [1.29, 1.82) is 0 Å². The second kappa shape index (κ2) is 5.77. The zero-order valence-electron chi connectivity index (χ0n) is 8.98. The highest BCUT2D eigenvalue weighted by atomic mass is 32.1. The molecule has 0 bridgehead atoms. The Kier molecular flexibility index (Phi) is 4.07. The number of aromatic nitrogens is 1. The summed E-state index contributed by atoms with van der Waals surface area (Å²) in [5, 5.41) is 6.74. The fourth-order valence-corrected chi connectivity index (χ4v) is 1.80. The summed E-state index contributed by atoms with van der Waals surface area (Å²) >= 11 is 5.15. The number of anilines is 1. The Morgan fingerprint density at radius 3 is 3.19 bits per heavy atom. The SMILES string of the molecule is S=C(NC[C@@H]1CCCO1)Nc1ccccn1. The zero-order chi connectivity index (χ0) is 11.2. The Labute approximate surface area is 100 Å². The monoisotopic (exact) mass is 237 g/mol. The summed E-state index contributed by atoms with van der Waals surface area (Å²) in [7, 11) is 0. The summed E-state index contributed by atoms with van der Waals surface area (Å²) in [5.41, 5.74) is 0. The summed E-state index contributed by atoms with van der Waals surface area (Å²) in [6, 6.07) is 5.66. The van der Waals surface area contributed by atoms with Crippen LogP contribution in [0.5, 0.6) is 0 Å². The second-order valence-corrected chi connectivity index (χ2v) is 4.09. The summed E-state index contributed by atoms with van der Waals surface area (Å²) in [6.07, 6.45) is 4.28. The minimum atomic E-state index is 0.295. The third-order valence-electron chi connectivity index (χ3n) is 2.42. The highest BCUT2D eigenvalue weighted by Gasteiger charge is 2.15. The molecule has 1 aliphatic heterocycles. The molecule has 0 saturated carbocycles. The van der Waals surface area contributed by atoms with Gasteiger partial charge in [0.05, 0.1) is 6.10 Å². The Morgan fingerprint density at radius 1 is 1.56 bits per heavy atom. The van der Waals surface area contributed by atoms with Crippen LogP contribution in [-0.2, 0) is 4.74 Å². The first kappa shape index (κ1) is 11.3. The van der Waals surface area contributed by atoms with Gasteiger partial charge in [0.1, 0.15) is 5.82 Å². The van der Waals surface area contributed by atoms with E-state index in [-0.39, 0.29) is 0 Å². The van der Waals surface area contributed by atoms with Crippen LogP contribution in [0.1, 0.15) is 12.8 Å². The van der Waals surface area contributed by atoms with Crippen LogP contribution in [0.4, 0.5) is 5.82 Å². The Hall–Kier alpha value is -1.20. The molecule has 1 aromatic heterocycles. The lowest BCUT2D eigenvalue weighted by Crippen LogP contribution is -2.34. The summed E-state index contributed by atoms with van der Waals surface area (Å²) in [4.78, 5) is 4.13. The molecule has 0 aromatic carbocycles. The molecule has 5 heteroatoms. The van der Waals surface area contributed by atoms with E-state index in [0.717, 1.165) is 31.8 Å². The van der Waals surface area contributed by atoms with Crippen molar-refractivity contribution in [3.63, 3.8) is 0 Å². The van der Waals surface area contributed by atoms with Crippen LogP contribution in [0.25, 0.3) is 0 Å². The van der Waals surface area contributed by atoms with Crippen molar-refractivity contribution < 1.29 is 4.74 Å². The number of rotatable bonds is 3. The molecule has 2 N–H and O–H groups in total. The fourth-order valence-electron chi connectivity index (χ4n) is 1.61. The van der Waals surface area contributed by atoms with E-state index in [1.165, 1.54) is 0 Å². The third kappa shape index (κ3) is 3.43. The number of ether oxygens (including phenoxy) is 1. The van der Waals surface area contributed by atoms with Crippen LogP contribution >= 0.6 is 12.2 Å². The molecule has 0 radical (unpaired) electrons. The smallest absolute Gasteiger partial charge is 0.172 e. The maximum absolute atomic E-state index is 5.49. The molecule has 1 aliphatic rings. The van der Waals surface area contributed by atoms with E-state index in [1.807, 2.05) is 18.2 Å². The van der Waals surface area contributed by atoms with Crippen LogP contribution in [0.3, 0.4) is 0 Å². The summed E-state index contributed by atoms with van der Waals surface area (Å²) in [5.74, 6) is 0.757. The lowest BCUT2D eigenvalue weighted by atomic mass is 10.2. The van der Waals surface area contributed by atoms with Crippen LogP contribution < -0.4 is 10.6 Å². The molecule has 1 saturated heterocycles. The normalized spacial score (nSPS) is 19.4. The van der Waals surface area contributed by atoms with Gasteiger partial charge in [-0.05, 0) is 37.2 Å². The number of nitrogens with zero attached hydrogens (tertiary/aromatic N) is 1. The largest absolute Gasteiger partial charge is 0.376 e. The predicted molar refractivity (Wildman–Crippen MR) is 67.4 cm³/mol. The van der Waals surface area contributed by atoms with Crippen molar-refractivity contribution in [2.24, 2.45) is 0 Å². The molecular formula is C11H15N3OS. The number of pyridine rings is 1. The standard InChI is InChI=1S/C11H15N3OS/c16-11(13-8-9-4-3-7-15-9)14-10-5-1-2-6-12-10/h1-2,5-6,9H,3-4,7-8H2,(H2,12,13,14,16)/t9-/m0/s1. The topological polar surface area (TPSA) is 46.2 Å². The van der Waals surface area contributed by atoms with Gasteiger partial charge in [-0.1, -0.05) is 6.07 Å². The summed E-state index contributed by atoms with van der Waals surface area (Å²) in [6.45, 7) is 1.63. The van der Waals surface area contributed by atoms with E-state index >= 15 is 0 Å². The van der Waals surface area contributed by atoms with Gasteiger partial charge in [-0.3, -0.25) is 0 Å². The molecule has 0 aliphatic carbocycles. The van der Waals surface area contributed by atoms with Crippen LogP contribution in [0.2, 0.25) is 0 Å². The Bertz CT molecular complexity index is 338. The molecule has 0 spiro atoms. The van der Waals surface area contributed by atoms with Crippen LogP contribution in [-0.4, -0.2) is 29.4 Å². The average Bonchev–Trinajstić information content (AvgIpc) is 2.81. The van der Waals surface area contributed by atoms with Crippen molar-refractivity contribution in [2.45, 2.75) is 18.9 Å². The molecule has 1 fully saturated rings. The van der Waals surface area contributed by atoms with E-state index in [9.17, 15) is 0 Å². The first-order chi connectivity index (χ1) is 7.84. The Morgan fingerprint density at radius 2 is 2.50 bits per heavy atom. The van der Waals surface area contributed by atoms with Crippen LogP contribution in [0.15, 0.2) is 24.4 Å². The lowest BCUT2D eigenvalue weighted by Gasteiger charge is -2.13. The van der Waals surface area contributed by atoms with Gasteiger partial charge in [0, 0.05) is 19.3 Å². The zero-order valence-corrected chi connectivity index (χ0v) is 9.80. The van der Waals surface area contributed by atoms with E-state index < -0.39 is 0 Å². The molecule has 0 amide bonds. The van der Waals surface area contributed by atoms with Gasteiger partial charge in [0.15, 0.2) is 5.11 Å². The van der Waals surface area contributed by atoms with Crippen molar-refractivity contribution >= 4 is 23.1 Å². The minimum Gasteiger partial charge on any atom is -0.376 e. The predicted octanol–water partition coefficient (Wildman–Crippen LogP) is 1.55. The van der Waals surface area contributed by atoms with Gasteiger partial charge in [-0.15, -0.1) is 0 Å². The van der Waals surface area contributed by atoms with Crippen molar-refractivity contribution in [3.05, 3.63) is 24.4 Å². The molecule has 1 atom stereocenters. The quantitative estimate of drug-likeness (QED) is 0.781. The molecule has 4 nitrogen and oxygen atoms in total. The first-order valence-corrected chi connectivity index (χ1v) is 5.83. The van der Waals surface area contributed by atoms with E-state index in [0.29, 0.717) is 11.2 Å². The number of hydrogen-bond acceptors (Lipinski definition) is 3. The highest BCUT2D eigenvalue weighted by molar-refractivity contribution is 7.80. The molecule has 16 heavy (non-hydrogen) atoms. The number of nitrogens with one attached hydrogen (secondary N) is 2. The van der Waals surface area contributed by atoms with Gasteiger partial charge >= 0.3 is 0 Å². The number of thiocarbonyl (C=S) groups is 1. The second-order valence-electron chi connectivity index (χ2n) is 3.69. The molecule has 0 unspecified atom stereocenters. The Balaban J connectivity index is 1.72. The van der Waals surface area contributed by atoms with E-state index in [1.54, 1.807) is 6.20 Å². The average molecular weight is 237 g/mol. The molecule has 1 aromatic rings.